The molecule has 0 aliphatic carbocycles. The van der Waals surface area contributed by atoms with Gasteiger partial charge in [-0.25, -0.2) is 19.0 Å². The number of aliphatic carboxylic acids is 1. The van der Waals surface area contributed by atoms with Crippen molar-refractivity contribution in [1.29, 1.82) is 0 Å². The Balaban J connectivity index is 1.87. The first kappa shape index (κ1) is 17.7. The van der Waals surface area contributed by atoms with E-state index in [1.165, 1.54) is 24.3 Å². The van der Waals surface area contributed by atoms with Crippen LogP contribution in [0.2, 0.25) is 0 Å². The molecule has 1 N–H and O–H groups in total. The number of thiazole rings is 1. The third kappa shape index (κ3) is 4.11. The highest BCUT2D eigenvalue weighted by molar-refractivity contribution is 7.18. The van der Waals surface area contributed by atoms with Crippen molar-refractivity contribution in [3.8, 4) is 0 Å². The molecule has 2 unspecified atom stereocenters. The van der Waals surface area contributed by atoms with E-state index >= 15 is 0 Å². The number of carboxylic acids is 1. The Labute approximate surface area is 147 Å². The quantitative estimate of drug-likeness (QED) is 0.794. The van der Waals surface area contributed by atoms with Gasteiger partial charge in [0.2, 0.25) is 6.10 Å². The van der Waals surface area contributed by atoms with Gasteiger partial charge < -0.3 is 9.84 Å². The number of hydrogen-bond acceptors (Lipinski definition) is 6. The summed E-state index contributed by atoms with van der Waals surface area (Å²) < 4.78 is 19.6. The fourth-order valence-electron chi connectivity index (χ4n) is 2.85. The van der Waals surface area contributed by atoms with Crippen LogP contribution in [0, 0.1) is 5.82 Å². The van der Waals surface area contributed by atoms with E-state index in [1.54, 1.807) is 5.94 Å². The summed E-state index contributed by atoms with van der Waals surface area (Å²) in [5.74, 6) is 0.0746. The molecule has 0 saturated carbocycles. The first-order valence-corrected chi connectivity index (χ1v) is 8.79. The summed E-state index contributed by atoms with van der Waals surface area (Å²) in [7, 11) is 0. The first-order chi connectivity index (χ1) is 12.1. The maximum atomic E-state index is 13.3. The second-order valence-electron chi connectivity index (χ2n) is 5.79. The Hall–Kier alpha value is -2.12. The van der Waals surface area contributed by atoms with Crippen LogP contribution in [0.1, 0.15) is 30.4 Å². The van der Waals surface area contributed by atoms with Gasteiger partial charge in [-0.3, -0.25) is 4.90 Å². The van der Waals surface area contributed by atoms with Gasteiger partial charge in [0.15, 0.2) is 0 Å². The number of ether oxygens (including phenoxy) is 1. The van der Waals surface area contributed by atoms with Crippen molar-refractivity contribution in [2.24, 2.45) is 0 Å². The molecule has 6 nitrogen and oxygen atoms in total. The lowest BCUT2D eigenvalue weighted by atomic mass is 10.1. The van der Waals surface area contributed by atoms with Crippen LogP contribution in [0.3, 0.4) is 0 Å². The summed E-state index contributed by atoms with van der Waals surface area (Å²) in [6, 6.07) is 4.08. The molecule has 2 atom stereocenters. The van der Waals surface area contributed by atoms with Gasteiger partial charge in [-0.05, 0) is 31.0 Å². The highest BCUT2D eigenvalue weighted by atomic mass is 32.1. The predicted octanol–water partition coefficient (Wildman–Crippen LogP) is 2.78. The zero-order chi connectivity index (χ0) is 17.8. The third-order valence-electron chi connectivity index (χ3n) is 4.05. The number of piperidine rings is 1. The Bertz CT molecular complexity index is 812. The molecule has 1 aliphatic rings. The van der Waals surface area contributed by atoms with Crippen LogP contribution in [0.5, 0.6) is 0 Å². The number of nitrogens with zero attached hydrogens (tertiary/aromatic N) is 2. The molecule has 0 spiro atoms. The van der Waals surface area contributed by atoms with Crippen molar-refractivity contribution in [1.82, 2.24) is 9.88 Å². The smallest absolute Gasteiger partial charge is 0.340 e. The monoisotopic (exact) mass is 364 g/mol. The van der Waals surface area contributed by atoms with E-state index in [1.807, 2.05) is 4.90 Å². The molecule has 25 heavy (non-hydrogen) atoms. The maximum Gasteiger partial charge on any atom is 0.340 e. The third-order valence-corrected chi connectivity index (χ3v) is 5.11. The van der Waals surface area contributed by atoms with Gasteiger partial charge in [0.1, 0.15) is 23.0 Å². The lowest BCUT2D eigenvalue weighted by molar-refractivity contribution is -0.160. The van der Waals surface area contributed by atoms with E-state index in [4.69, 9.17) is 4.74 Å². The Morgan fingerprint density at radius 3 is 2.84 bits per heavy atom. The number of rotatable bonds is 6. The topological polar surface area (TPSA) is 79.7 Å². The number of hydrogen-bond donors (Lipinski definition) is 1. The summed E-state index contributed by atoms with van der Waals surface area (Å²) in [6.07, 6.45) is 2.10. The van der Waals surface area contributed by atoms with Crippen LogP contribution in [-0.2, 0) is 14.3 Å². The van der Waals surface area contributed by atoms with Crippen LogP contribution in [0.4, 0.5) is 4.39 Å². The van der Waals surface area contributed by atoms with Crippen molar-refractivity contribution in [2.45, 2.75) is 31.6 Å². The second kappa shape index (κ2) is 7.84. The van der Waals surface area contributed by atoms with Gasteiger partial charge in [0, 0.05) is 19.2 Å². The van der Waals surface area contributed by atoms with Crippen LogP contribution >= 0.6 is 11.3 Å². The van der Waals surface area contributed by atoms with Crippen molar-refractivity contribution in [3.05, 3.63) is 35.1 Å². The van der Waals surface area contributed by atoms with E-state index in [0.717, 1.165) is 43.7 Å². The van der Waals surface area contributed by atoms with E-state index in [9.17, 15) is 19.1 Å². The summed E-state index contributed by atoms with van der Waals surface area (Å²) in [6.45, 7) is 1.44. The SMILES string of the molecule is O=C=CC(OC(C(=O)O)c1nc2ccc(F)cc2s1)N1CCCCC1. The van der Waals surface area contributed by atoms with Gasteiger partial charge in [0.25, 0.3) is 0 Å². The summed E-state index contributed by atoms with van der Waals surface area (Å²) in [5, 5.41) is 9.78. The largest absolute Gasteiger partial charge is 0.479 e. The Kier molecular flexibility index (Phi) is 5.55. The summed E-state index contributed by atoms with van der Waals surface area (Å²) >= 11 is 1.07. The molecule has 0 amide bonds. The van der Waals surface area contributed by atoms with Crippen LogP contribution in [0.25, 0.3) is 10.2 Å². The molecule has 8 heteroatoms. The molecule has 0 radical (unpaired) electrons. The fraction of sp³-hybridized carbons (Fsp3) is 0.412. The van der Waals surface area contributed by atoms with Crippen molar-refractivity contribution in [3.63, 3.8) is 0 Å². The molecule has 1 aromatic heterocycles. The van der Waals surface area contributed by atoms with Crippen molar-refractivity contribution >= 4 is 33.5 Å². The van der Waals surface area contributed by atoms with Crippen molar-refractivity contribution in [2.75, 3.05) is 13.1 Å². The van der Waals surface area contributed by atoms with Gasteiger partial charge in [0.05, 0.1) is 10.2 Å². The minimum atomic E-state index is -1.34. The average Bonchev–Trinajstić information content (AvgIpc) is 3.01. The van der Waals surface area contributed by atoms with E-state index < -0.39 is 24.1 Å². The summed E-state index contributed by atoms with van der Waals surface area (Å²) in [5.41, 5.74) is 0.511. The lowest BCUT2D eigenvalue weighted by Gasteiger charge is -2.32. The van der Waals surface area contributed by atoms with Crippen LogP contribution in [0.15, 0.2) is 24.3 Å². The molecular formula is C17H17FN2O4S. The molecule has 2 heterocycles. The number of likely N-dealkylation sites (tertiary alicyclic amines) is 1. The van der Waals surface area contributed by atoms with Gasteiger partial charge >= 0.3 is 5.97 Å². The Morgan fingerprint density at radius 1 is 1.40 bits per heavy atom. The zero-order valence-corrected chi connectivity index (χ0v) is 14.2. The van der Waals surface area contributed by atoms with E-state index in [0.29, 0.717) is 10.2 Å². The maximum absolute atomic E-state index is 13.3. The highest BCUT2D eigenvalue weighted by Crippen LogP contribution is 2.31. The van der Waals surface area contributed by atoms with Gasteiger partial charge in [-0.15, -0.1) is 11.3 Å². The lowest BCUT2D eigenvalue weighted by Crippen LogP contribution is -2.41. The number of carbonyl (C=O) groups excluding carboxylic acids is 1. The zero-order valence-electron chi connectivity index (χ0n) is 13.4. The highest BCUT2D eigenvalue weighted by Gasteiger charge is 2.30. The number of fused-ring (bicyclic) bond motifs is 1. The van der Waals surface area contributed by atoms with Crippen LogP contribution in [-0.4, -0.2) is 46.2 Å². The first-order valence-electron chi connectivity index (χ1n) is 7.98. The standard InChI is InChI=1S/C17H17FN2O4S/c18-11-4-5-12-13(10-11)25-16(19-12)15(17(22)23)24-14(6-9-21)20-7-2-1-3-8-20/h4-6,10,14-15H,1-3,7-8H2,(H,22,23). The number of carboxylic acid groups (broad SMARTS) is 1. The number of halogens is 1. The molecule has 132 valence electrons. The fourth-order valence-corrected chi connectivity index (χ4v) is 3.87. The number of benzene rings is 1. The molecular weight excluding hydrogens is 347 g/mol. The minimum Gasteiger partial charge on any atom is -0.479 e. The molecule has 1 aromatic carbocycles. The average molecular weight is 364 g/mol. The molecule has 1 saturated heterocycles. The second-order valence-corrected chi connectivity index (χ2v) is 6.85. The van der Waals surface area contributed by atoms with E-state index in [2.05, 4.69) is 4.98 Å². The van der Waals surface area contributed by atoms with Gasteiger partial charge in [-0.2, -0.15) is 0 Å². The normalized spacial score (nSPS) is 17.8. The molecule has 3 rings (SSSR count). The minimum absolute atomic E-state index is 0.217. The van der Waals surface area contributed by atoms with E-state index in [-0.39, 0.29) is 5.01 Å². The molecule has 1 fully saturated rings. The summed E-state index contributed by atoms with van der Waals surface area (Å²) in [4.78, 5) is 28.7. The molecule has 1 aliphatic heterocycles. The Morgan fingerprint density at radius 2 is 2.16 bits per heavy atom. The van der Waals surface area contributed by atoms with Gasteiger partial charge in [-0.1, -0.05) is 6.42 Å². The number of carbonyl (C=O) groups is 1. The predicted molar refractivity (Wildman–Crippen MR) is 90.5 cm³/mol. The van der Waals surface area contributed by atoms with Crippen LogP contribution < -0.4 is 0 Å². The molecule has 0 bridgehead atoms. The molecule has 2 aromatic rings. The number of aromatic nitrogens is 1. The van der Waals surface area contributed by atoms with Crippen molar-refractivity contribution < 1.29 is 23.8 Å².